The van der Waals surface area contributed by atoms with Crippen molar-refractivity contribution in [3.63, 3.8) is 0 Å². The third-order valence-electron chi connectivity index (χ3n) is 5.25. The van der Waals surface area contributed by atoms with E-state index < -0.39 is 29.7 Å². The zero-order chi connectivity index (χ0) is 23.8. The molecule has 2 rings (SSSR count). The van der Waals surface area contributed by atoms with Crippen LogP contribution in [0.4, 0.5) is 4.79 Å². The first-order valence-electron chi connectivity index (χ1n) is 10.8. The summed E-state index contributed by atoms with van der Waals surface area (Å²) >= 11 is 0. The van der Waals surface area contributed by atoms with E-state index in [1.165, 1.54) is 16.0 Å². The van der Waals surface area contributed by atoms with Crippen molar-refractivity contribution in [1.29, 1.82) is 0 Å². The van der Waals surface area contributed by atoms with Gasteiger partial charge in [0, 0.05) is 19.1 Å². The highest BCUT2D eigenvalue weighted by Gasteiger charge is 2.30. The van der Waals surface area contributed by atoms with Gasteiger partial charge < -0.3 is 24.7 Å². The molecule has 0 bridgehead atoms. The normalized spacial score (nSPS) is 13.2. The Balaban J connectivity index is 2.16. The molecule has 0 spiro atoms. The Morgan fingerprint density at radius 2 is 1.75 bits per heavy atom. The highest BCUT2D eigenvalue weighted by atomic mass is 16.5. The standard InChI is InChI=1S/C23H33N3O6/c1-16(2)26(20(22(29)30)15-21(27)28)23(31)25(11-10-24(3)4)12-13-32-19-9-8-17-6-5-7-18(17)14-19/h8-9,14-16H,5-7,10-13H2,1-4H3,(H,27,28)(H,29,30)/b20-15-. The van der Waals surface area contributed by atoms with Crippen LogP contribution < -0.4 is 4.74 Å². The number of hydrogen-bond acceptors (Lipinski definition) is 5. The Kier molecular flexibility index (Phi) is 9.07. The van der Waals surface area contributed by atoms with Crippen LogP contribution in [-0.4, -0.2) is 89.3 Å². The molecule has 1 aliphatic rings. The van der Waals surface area contributed by atoms with E-state index in [9.17, 15) is 19.5 Å². The van der Waals surface area contributed by atoms with Crippen LogP contribution in [0.25, 0.3) is 0 Å². The molecule has 2 N–H and O–H groups in total. The van der Waals surface area contributed by atoms with Gasteiger partial charge in [-0.2, -0.15) is 0 Å². The zero-order valence-corrected chi connectivity index (χ0v) is 19.2. The highest BCUT2D eigenvalue weighted by Crippen LogP contribution is 2.26. The molecule has 0 aliphatic heterocycles. The molecule has 0 heterocycles. The lowest BCUT2D eigenvalue weighted by molar-refractivity contribution is -0.136. The van der Waals surface area contributed by atoms with Gasteiger partial charge in [-0.25, -0.2) is 14.4 Å². The van der Waals surface area contributed by atoms with Gasteiger partial charge in [0.25, 0.3) is 0 Å². The van der Waals surface area contributed by atoms with E-state index in [1.807, 2.05) is 31.1 Å². The first-order valence-corrected chi connectivity index (χ1v) is 10.8. The molecule has 0 aromatic heterocycles. The molecule has 1 aromatic rings. The topological polar surface area (TPSA) is 111 Å². The summed E-state index contributed by atoms with van der Waals surface area (Å²) in [4.78, 5) is 40.5. The number of carboxylic acid groups (broad SMARTS) is 2. The second-order valence-electron chi connectivity index (χ2n) is 8.34. The van der Waals surface area contributed by atoms with Crippen molar-refractivity contribution in [2.24, 2.45) is 0 Å². The summed E-state index contributed by atoms with van der Waals surface area (Å²) in [6.07, 6.45) is 3.82. The van der Waals surface area contributed by atoms with Crippen LogP contribution in [0.3, 0.4) is 0 Å². The second kappa shape index (κ2) is 11.5. The molecule has 0 saturated carbocycles. The maximum Gasteiger partial charge on any atom is 0.352 e. The number of aliphatic carboxylic acids is 2. The monoisotopic (exact) mass is 447 g/mol. The van der Waals surface area contributed by atoms with E-state index in [1.54, 1.807) is 13.8 Å². The molecule has 176 valence electrons. The molecule has 0 unspecified atom stereocenters. The summed E-state index contributed by atoms with van der Waals surface area (Å²) in [5, 5.41) is 18.6. The molecule has 2 amide bonds. The van der Waals surface area contributed by atoms with Crippen LogP contribution in [-0.2, 0) is 22.4 Å². The van der Waals surface area contributed by atoms with Gasteiger partial charge in [0.2, 0.25) is 0 Å². The Labute approximate surface area is 188 Å². The maximum atomic E-state index is 13.3. The van der Waals surface area contributed by atoms with Crippen LogP contribution in [0, 0.1) is 0 Å². The lowest BCUT2D eigenvalue weighted by Gasteiger charge is -2.33. The third-order valence-corrected chi connectivity index (χ3v) is 5.25. The summed E-state index contributed by atoms with van der Waals surface area (Å²) in [5.41, 5.74) is 2.06. The number of carbonyl (C=O) groups is 3. The smallest absolute Gasteiger partial charge is 0.352 e. The van der Waals surface area contributed by atoms with Gasteiger partial charge >= 0.3 is 18.0 Å². The van der Waals surface area contributed by atoms with Gasteiger partial charge in [0.05, 0.1) is 12.6 Å². The quantitative estimate of drug-likeness (QED) is 0.501. The van der Waals surface area contributed by atoms with E-state index in [4.69, 9.17) is 9.84 Å². The maximum absolute atomic E-state index is 13.3. The zero-order valence-electron chi connectivity index (χ0n) is 19.2. The first kappa shape index (κ1) is 25.2. The lowest BCUT2D eigenvalue weighted by atomic mass is 10.1. The largest absolute Gasteiger partial charge is 0.492 e. The van der Waals surface area contributed by atoms with Gasteiger partial charge in [-0.1, -0.05) is 6.07 Å². The number of benzene rings is 1. The van der Waals surface area contributed by atoms with Crippen LogP contribution in [0.5, 0.6) is 5.75 Å². The summed E-state index contributed by atoms with van der Waals surface area (Å²) in [7, 11) is 3.74. The number of aryl methyl sites for hydroxylation is 2. The Hall–Kier alpha value is -3.07. The van der Waals surface area contributed by atoms with Crippen LogP contribution in [0.1, 0.15) is 31.4 Å². The van der Waals surface area contributed by atoms with Crippen molar-refractivity contribution >= 4 is 18.0 Å². The average Bonchev–Trinajstić information content (AvgIpc) is 3.16. The fourth-order valence-electron chi connectivity index (χ4n) is 3.64. The molecular weight excluding hydrogens is 414 g/mol. The van der Waals surface area contributed by atoms with Gasteiger partial charge in [-0.05, 0) is 70.5 Å². The van der Waals surface area contributed by atoms with Crippen molar-refractivity contribution in [3.8, 4) is 5.75 Å². The van der Waals surface area contributed by atoms with Crippen LogP contribution >= 0.6 is 0 Å². The number of ether oxygens (including phenoxy) is 1. The minimum atomic E-state index is -1.48. The third kappa shape index (κ3) is 6.98. The fraction of sp³-hybridized carbons (Fsp3) is 0.522. The molecule has 1 aromatic carbocycles. The van der Waals surface area contributed by atoms with Gasteiger partial charge in [0.15, 0.2) is 0 Å². The number of carbonyl (C=O) groups excluding carboxylic acids is 1. The number of carboxylic acids is 2. The number of amides is 2. The number of fused-ring (bicyclic) bond motifs is 1. The summed E-state index contributed by atoms with van der Waals surface area (Å²) < 4.78 is 5.88. The predicted molar refractivity (Wildman–Crippen MR) is 120 cm³/mol. The average molecular weight is 448 g/mol. The Morgan fingerprint density at radius 1 is 1.06 bits per heavy atom. The molecular formula is C23H33N3O6. The lowest BCUT2D eigenvalue weighted by Crippen LogP contribution is -2.50. The number of nitrogens with zero attached hydrogens (tertiary/aromatic N) is 3. The molecule has 0 radical (unpaired) electrons. The molecule has 0 atom stereocenters. The minimum absolute atomic E-state index is 0.229. The predicted octanol–water partition coefficient (Wildman–Crippen LogP) is 2.30. The molecule has 1 aliphatic carbocycles. The molecule has 0 fully saturated rings. The van der Waals surface area contributed by atoms with Gasteiger partial charge in [-0.3, -0.25) is 4.90 Å². The van der Waals surface area contributed by atoms with Crippen LogP contribution in [0.2, 0.25) is 0 Å². The highest BCUT2D eigenvalue weighted by molar-refractivity contribution is 5.98. The second-order valence-corrected chi connectivity index (χ2v) is 8.34. The van der Waals surface area contributed by atoms with E-state index in [0.29, 0.717) is 19.2 Å². The summed E-state index contributed by atoms with van der Waals surface area (Å²) in [6.45, 7) is 4.63. The molecule has 9 heteroatoms. The van der Waals surface area contributed by atoms with E-state index >= 15 is 0 Å². The molecule has 9 nitrogen and oxygen atoms in total. The van der Waals surface area contributed by atoms with E-state index in [2.05, 4.69) is 6.07 Å². The summed E-state index contributed by atoms with van der Waals surface area (Å²) in [6, 6.07) is 4.91. The van der Waals surface area contributed by atoms with Gasteiger partial charge in [-0.15, -0.1) is 0 Å². The van der Waals surface area contributed by atoms with Crippen molar-refractivity contribution in [1.82, 2.24) is 14.7 Å². The van der Waals surface area contributed by atoms with Crippen molar-refractivity contribution < 1.29 is 29.3 Å². The molecule has 32 heavy (non-hydrogen) atoms. The van der Waals surface area contributed by atoms with Crippen LogP contribution in [0.15, 0.2) is 30.0 Å². The van der Waals surface area contributed by atoms with Crippen molar-refractivity contribution in [2.45, 2.75) is 39.2 Å². The first-order chi connectivity index (χ1) is 15.1. The Morgan fingerprint density at radius 3 is 2.34 bits per heavy atom. The minimum Gasteiger partial charge on any atom is -0.492 e. The fourth-order valence-corrected chi connectivity index (χ4v) is 3.64. The van der Waals surface area contributed by atoms with Gasteiger partial charge in [0.1, 0.15) is 18.1 Å². The molecule has 0 saturated heterocycles. The Bertz CT molecular complexity index is 865. The number of rotatable bonds is 11. The van der Waals surface area contributed by atoms with E-state index in [0.717, 1.165) is 29.9 Å². The summed E-state index contributed by atoms with van der Waals surface area (Å²) in [5.74, 6) is -2.17. The van der Waals surface area contributed by atoms with E-state index in [-0.39, 0.29) is 13.2 Å². The van der Waals surface area contributed by atoms with Crippen molar-refractivity contribution in [2.75, 3.05) is 40.3 Å². The number of hydrogen-bond donors (Lipinski definition) is 2. The van der Waals surface area contributed by atoms with Crippen molar-refractivity contribution in [3.05, 3.63) is 41.1 Å². The number of urea groups is 1. The number of likely N-dealkylation sites (N-methyl/N-ethyl adjacent to an activating group) is 1. The SMILES string of the molecule is CC(C)N(C(=O)N(CCOc1ccc2c(c1)CCC2)CCN(C)C)/C(=C\C(=O)O)C(=O)O.